The summed E-state index contributed by atoms with van der Waals surface area (Å²) in [6, 6.07) is 3.55. The molecule has 0 aliphatic carbocycles. The lowest BCUT2D eigenvalue weighted by atomic mass is 10.2. The van der Waals surface area contributed by atoms with Gasteiger partial charge in [-0.2, -0.15) is 0 Å². The van der Waals surface area contributed by atoms with Gasteiger partial charge in [-0.05, 0) is 40.9 Å². The van der Waals surface area contributed by atoms with Crippen molar-refractivity contribution in [3.63, 3.8) is 0 Å². The molecule has 3 N–H and O–H groups in total. The van der Waals surface area contributed by atoms with Gasteiger partial charge in [0.2, 0.25) is 5.91 Å². The van der Waals surface area contributed by atoms with Crippen molar-refractivity contribution in [1.82, 2.24) is 9.99 Å². The van der Waals surface area contributed by atoms with Gasteiger partial charge in [-0.25, -0.2) is 5.84 Å². The summed E-state index contributed by atoms with van der Waals surface area (Å²) >= 11 is 3.20. The molecule has 94 valence electrons. The second-order valence-electron chi connectivity index (χ2n) is 3.73. The second-order valence-corrected chi connectivity index (χ2v) is 4.59. The first kappa shape index (κ1) is 13.9. The van der Waals surface area contributed by atoms with Gasteiger partial charge in [-0.3, -0.25) is 15.0 Å². The van der Waals surface area contributed by atoms with Gasteiger partial charge in [0, 0.05) is 19.2 Å². The summed E-state index contributed by atoms with van der Waals surface area (Å²) < 4.78 is 2.23. The van der Waals surface area contributed by atoms with Crippen LogP contribution in [0.3, 0.4) is 0 Å². The third kappa shape index (κ3) is 4.70. The molecule has 0 saturated carbocycles. The number of unbranched alkanes of at least 4 members (excludes halogenated alkanes) is 2. The van der Waals surface area contributed by atoms with Gasteiger partial charge in [0.15, 0.2) is 0 Å². The second kappa shape index (κ2) is 7.24. The standard InChI is InChI=1S/C11H16BrN3O2/c12-9-5-4-8-15(11(9)17)7-3-1-2-6-10(16)14-13/h4-5,8H,1-3,6-7,13H2,(H,14,16). The normalized spacial score (nSPS) is 10.2. The van der Waals surface area contributed by atoms with Crippen LogP contribution in [0.25, 0.3) is 0 Å². The topological polar surface area (TPSA) is 77.1 Å². The van der Waals surface area contributed by atoms with Crippen LogP contribution in [0.5, 0.6) is 0 Å². The van der Waals surface area contributed by atoms with Crippen LogP contribution in [0.4, 0.5) is 0 Å². The first-order valence-electron chi connectivity index (χ1n) is 5.49. The van der Waals surface area contributed by atoms with Crippen molar-refractivity contribution >= 4 is 21.8 Å². The number of hydrogen-bond donors (Lipinski definition) is 2. The van der Waals surface area contributed by atoms with Crippen LogP contribution < -0.4 is 16.8 Å². The molecule has 0 aliphatic rings. The number of aromatic nitrogens is 1. The maximum atomic E-state index is 11.6. The number of nitrogens with one attached hydrogen (secondary N) is 1. The SMILES string of the molecule is NNC(=O)CCCCCn1cccc(Br)c1=O. The fourth-order valence-electron chi connectivity index (χ4n) is 1.50. The molecule has 0 bridgehead atoms. The Morgan fingerprint density at radius 2 is 2.18 bits per heavy atom. The molecule has 0 unspecified atom stereocenters. The molecule has 0 saturated heterocycles. The minimum absolute atomic E-state index is 0.0211. The van der Waals surface area contributed by atoms with E-state index in [1.54, 1.807) is 16.8 Å². The lowest BCUT2D eigenvalue weighted by Gasteiger charge is -2.05. The zero-order valence-electron chi connectivity index (χ0n) is 9.49. The van der Waals surface area contributed by atoms with Crippen molar-refractivity contribution < 1.29 is 4.79 Å². The van der Waals surface area contributed by atoms with E-state index < -0.39 is 0 Å². The fraction of sp³-hybridized carbons (Fsp3) is 0.455. The largest absolute Gasteiger partial charge is 0.315 e. The van der Waals surface area contributed by atoms with E-state index in [1.165, 1.54) is 0 Å². The number of carbonyl (C=O) groups is 1. The van der Waals surface area contributed by atoms with E-state index in [2.05, 4.69) is 21.4 Å². The van der Waals surface area contributed by atoms with Crippen LogP contribution >= 0.6 is 15.9 Å². The highest BCUT2D eigenvalue weighted by molar-refractivity contribution is 9.10. The summed E-state index contributed by atoms with van der Waals surface area (Å²) in [6.45, 7) is 0.669. The summed E-state index contributed by atoms with van der Waals surface area (Å²) in [5, 5.41) is 0. The molecule has 0 spiro atoms. The van der Waals surface area contributed by atoms with Crippen LogP contribution in [-0.4, -0.2) is 10.5 Å². The van der Waals surface area contributed by atoms with Crippen molar-refractivity contribution in [2.45, 2.75) is 32.2 Å². The number of pyridine rings is 1. The highest BCUT2D eigenvalue weighted by Gasteiger charge is 2.00. The molecule has 1 amide bonds. The molecule has 0 aromatic carbocycles. The summed E-state index contributed by atoms with van der Waals surface area (Å²) in [7, 11) is 0. The van der Waals surface area contributed by atoms with E-state index in [-0.39, 0.29) is 11.5 Å². The number of rotatable bonds is 6. The average molecular weight is 302 g/mol. The summed E-state index contributed by atoms with van der Waals surface area (Å²) in [4.78, 5) is 22.5. The first-order valence-corrected chi connectivity index (χ1v) is 6.29. The molecule has 17 heavy (non-hydrogen) atoms. The maximum absolute atomic E-state index is 11.6. The quantitative estimate of drug-likeness (QED) is 0.358. The molecule has 1 aromatic rings. The van der Waals surface area contributed by atoms with Gasteiger partial charge in [0.05, 0.1) is 4.47 Å². The summed E-state index contributed by atoms with van der Waals surface area (Å²) in [6.07, 6.45) is 4.75. The Hall–Kier alpha value is -1.14. The summed E-state index contributed by atoms with van der Waals surface area (Å²) in [5.41, 5.74) is 2.07. The zero-order valence-corrected chi connectivity index (χ0v) is 11.1. The van der Waals surface area contributed by atoms with E-state index >= 15 is 0 Å². The number of hydrogen-bond acceptors (Lipinski definition) is 3. The molecule has 0 atom stereocenters. The van der Waals surface area contributed by atoms with Gasteiger partial charge < -0.3 is 4.57 Å². The number of carbonyl (C=O) groups excluding carboxylic acids is 1. The van der Waals surface area contributed by atoms with E-state index in [4.69, 9.17) is 5.84 Å². The molecule has 1 rings (SSSR count). The van der Waals surface area contributed by atoms with Gasteiger partial charge in [-0.15, -0.1) is 0 Å². The van der Waals surface area contributed by atoms with Crippen molar-refractivity contribution in [3.05, 3.63) is 33.2 Å². The van der Waals surface area contributed by atoms with Gasteiger partial charge in [0.1, 0.15) is 0 Å². The highest BCUT2D eigenvalue weighted by Crippen LogP contribution is 2.04. The number of nitrogens with two attached hydrogens (primary N) is 1. The molecule has 6 heteroatoms. The predicted molar refractivity (Wildman–Crippen MR) is 69.2 cm³/mol. The Balaban J connectivity index is 2.29. The van der Waals surface area contributed by atoms with Crippen LogP contribution in [0.2, 0.25) is 0 Å². The molecule has 0 aliphatic heterocycles. The Kier molecular flexibility index (Phi) is 5.93. The van der Waals surface area contributed by atoms with Gasteiger partial charge in [-0.1, -0.05) is 6.42 Å². The van der Waals surface area contributed by atoms with E-state index in [0.717, 1.165) is 19.3 Å². The van der Waals surface area contributed by atoms with E-state index in [0.29, 0.717) is 17.4 Å². The molecular weight excluding hydrogens is 286 g/mol. The lowest BCUT2D eigenvalue weighted by molar-refractivity contribution is -0.121. The monoisotopic (exact) mass is 301 g/mol. The summed E-state index contributed by atoms with van der Waals surface area (Å²) in [5.74, 6) is 4.82. The maximum Gasteiger partial charge on any atom is 0.264 e. The number of amides is 1. The third-order valence-electron chi connectivity index (χ3n) is 2.44. The Bertz CT molecular complexity index is 431. The van der Waals surface area contributed by atoms with Crippen LogP contribution in [0, 0.1) is 0 Å². The zero-order chi connectivity index (χ0) is 12.7. The fourth-order valence-corrected chi connectivity index (χ4v) is 1.88. The van der Waals surface area contributed by atoms with Crippen LogP contribution in [0.15, 0.2) is 27.6 Å². The Morgan fingerprint density at radius 1 is 1.41 bits per heavy atom. The van der Waals surface area contributed by atoms with Crippen LogP contribution in [-0.2, 0) is 11.3 Å². The van der Waals surface area contributed by atoms with E-state index in [1.807, 2.05) is 6.07 Å². The first-order chi connectivity index (χ1) is 8.15. The number of halogens is 1. The Labute approximate surface area is 108 Å². The molecule has 0 radical (unpaired) electrons. The highest BCUT2D eigenvalue weighted by atomic mass is 79.9. The molecular formula is C11H16BrN3O2. The molecule has 0 fully saturated rings. The van der Waals surface area contributed by atoms with Gasteiger partial charge in [0.25, 0.3) is 5.56 Å². The van der Waals surface area contributed by atoms with Crippen molar-refractivity contribution in [3.8, 4) is 0 Å². The molecule has 1 heterocycles. The predicted octanol–water partition coefficient (Wildman–Crippen LogP) is 1.16. The van der Waals surface area contributed by atoms with Crippen molar-refractivity contribution in [2.24, 2.45) is 5.84 Å². The molecule has 5 nitrogen and oxygen atoms in total. The van der Waals surface area contributed by atoms with Crippen molar-refractivity contribution in [2.75, 3.05) is 0 Å². The van der Waals surface area contributed by atoms with E-state index in [9.17, 15) is 9.59 Å². The Morgan fingerprint density at radius 3 is 2.88 bits per heavy atom. The van der Waals surface area contributed by atoms with Crippen molar-refractivity contribution in [1.29, 1.82) is 0 Å². The third-order valence-corrected chi connectivity index (χ3v) is 3.04. The molecule has 1 aromatic heterocycles. The smallest absolute Gasteiger partial charge is 0.264 e. The number of hydrazine groups is 1. The minimum atomic E-state index is -0.148. The van der Waals surface area contributed by atoms with Gasteiger partial charge >= 0.3 is 0 Å². The number of nitrogens with zero attached hydrogens (tertiary/aromatic N) is 1. The lowest BCUT2D eigenvalue weighted by Crippen LogP contribution is -2.29. The average Bonchev–Trinajstić information content (AvgIpc) is 2.33. The minimum Gasteiger partial charge on any atom is -0.315 e. The number of aryl methyl sites for hydroxylation is 1. The van der Waals surface area contributed by atoms with Crippen LogP contribution in [0.1, 0.15) is 25.7 Å².